The van der Waals surface area contributed by atoms with Crippen molar-refractivity contribution in [2.75, 3.05) is 0 Å². The van der Waals surface area contributed by atoms with Gasteiger partial charge in [-0.25, -0.2) is 0 Å². The van der Waals surface area contributed by atoms with E-state index in [9.17, 15) is 9.59 Å². The second kappa shape index (κ2) is 10.2. The van der Waals surface area contributed by atoms with Gasteiger partial charge in [-0.1, -0.05) is 0 Å². The summed E-state index contributed by atoms with van der Waals surface area (Å²) < 4.78 is 12.0. The zero-order valence-electron chi connectivity index (χ0n) is 13.1. The quantitative estimate of drug-likeness (QED) is 0.324. The predicted molar refractivity (Wildman–Crippen MR) is 84.2 cm³/mol. The van der Waals surface area contributed by atoms with Crippen LogP contribution in [0.5, 0.6) is 0 Å². The van der Waals surface area contributed by atoms with E-state index in [-0.39, 0.29) is 11.9 Å². The molecule has 0 bridgehead atoms. The Morgan fingerprint density at radius 2 is 1.48 bits per heavy atom. The summed E-state index contributed by atoms with van der Waals surface area (Å²) in [5.41, 5.74) is 0. The third kappa shape index (κ3) is 7.30. The van der Waals surface area contributed by atoms with Crippen LogP contribution in [-0.4, -0.2) is 41.7 Å². The Kier molecular flexibility index (Phi) is 8.97. The van der Waals surface area contributed by atoms with Gasteiger partial charge in [0.1, 0.15) is 0 Å². The van der Waals surface area contributed by atoms with Crippen LogP contribution in [0.3, 0.4) is 0 Å². The fraction of sp³-hybridized carbons (Fsp3) is 0.688. The zero-order chi connectivity index (χ0) is 15.6. The number of carbonyl (C=O) groups is 2. The van der Waals surface area contributed by atoms with E-state index in [0.29, 0.717) is 12.8 Å². The molecule has 0 N–H and O–H groups in total. The van der Waals surface area contributed by atoms with Gasteiger partial charge in [-0.15, -0.1) is 0 Å². The Balaban J connectivity index is 2.47. The van der Waals surface area contributed by atoms with Crippen LogP contribution in [0.15, 0.2) is 12.2 Å². The summed E-state index contributed by atoms with van der Waals surface area (Å²) in [4.78, 5) is 23.8. The Bertz CT molecular complexity index is 363. The number of ether oxygens (including phenoxy) is 2. The number of hydrogen-bond donors (Lipinski definition) is 0. The molecule has 0 aromatic rings. The van der Waals surface area contributed by atoms with E-state index in [4.69, 9.17) is 9.47 Å². The van der Waals surface area contributed by atoms with E-state index in [2.05, 4.69) is 13.8 Å². The average molecular weight is 396 g/mol. The summed E-state index contributed by atoms with van der Waals surface area (Å²) in [7, 11) is 0. The van der Waals surface area contributed by atoms with Gasteiger partial charge in [0, 0.05) is 0 Å². The first-order valence-electron chi connectivity index (χ1n) is 7.92. The molecule has 116 valence electrons. The van der Waals surface area contributed by atoms with Gasteiger partial charge in [-0.3, -0.25) is 0 Å². The normalized spacial score (nSPS) is 14.8. The second-order valence-electron chi connectivity index (χ2n) is 5.30. The summed E-state index contributed by atoms with van der Waals surface area (Å²) in [5.74, 6) is -0.507. The summed E-state index contributed by atoms with van der Waals surface area (Å²) in [6, 6.07) is 0. The molecule has 21 heavy (non-hydrogen) atoms. The van der Waals surface area contributed by atoms with Crippen LogP contribution in [0.1, 0.15) is 65.2 Å². The molecule has 0 unspecified atom stereocenters. The Morgan fingerprint density at radius 3 is 1.86 bits per heavy atom. The summed E-state index contributed by atoms with van der Waals surface area (Å²) >= 11 is -1.40. The number of esters is 2. The van der Waals surface area contributed by atoms with Crippen molar-refractivity contribution in [3.05, 3.63) is 12.2 Å². The van der Waals surface area contributed by atoms with Crippen LogP contribution >= 0.6 is 0 Å². The molecule has 0 aliphatic carbocycles. The van der Waals surface area contributed by atoms with E-state index in [0.717, 1.165) is 38.5 Å². The number of allylic oxidation sites excluding steroid dienone is 1. The van der Waals surface area contributed by atoms with Crippen molar-refractivity contribution in [3.63, 3.8) is 0 Å². The first-order valence-corrected chi connectivity index (χ1v) is 11.5. The fourth-order valence-electron chi connectivity index (χ4n) is 2.09. The predicted octanol–water partition coefficient (Wildman–Crippen LogP) is 2.96. The maximum absolute atomic E-state index is 11.9. The fourth-order valence-corrected chi connectivity index (χ4v) is 5.26. The van der Waals surface area contributed by atoms with Crippen molar-refractivity contribution in [2.45, 2.75) is 68.8 Å². The molecule has 4 nitrogen and oxygen atoms in total. The number of hydrogen-bond acceptors (Lipinski definition) is 4. The summed E-state index contributed by atoms with van der Waals surface area (Å²) in [6.07, 6.45) is 10.2. The standard InChI is InChI=1S/C16H25O4.In/c1-4-7-9-12-14(17)19-16(11-6-3)20-15(18)13-10-8-5-2;/h3,6,11H,4-5,7-10,12-13H2,1-2H3;. The Morgan fingerprint density at radius 1 is 0.952 bits per heavy atom. The van der Waals surface area contributed by atoms with E-state index in [1.165, 1.54) is 0 Å². The van der Waals surface area contributed by atoms with Gasteiger partial charge in [-0.05, 0) is 0 Å². The minimum atomic E-state index is -1.40. The topological polar surface area (TPSA) is 52.6 Å². The average Bonchev–Trinajstić information content (AvgIpc) is 2.87. The van der Waals surface area contributed by atoms with Crippen molar-refractivity contribution in [3.8, 4) is 0 Å². The molecular formula is C16H25InO4. The van der Waals surface area contributed by atoms with E-state index >= 15 is 0 Å². The van der Waals surface area contributed by atoms with Gasteiger partial charge in [0.2, 0.25) is 0 Å². The van der Waals surface area contributed by atoms with Gasteiger partial charge in [0.25, 0.3) is 0 Å². The third-order valence-corrected chi connectivity index (χ3v) is 7.02. The van der Waals surface area contributed by atoms with E-state index < -0.39 is 26.0 Å². The molecule has 0 saturated carbocycles. The molecule has 1 aliphatic heterocycles. The third-order valence-electron chi connectivity index (χ3n) is 3.28. The minimum absolute atomic E-state index is 0.254. The monoisotopic (exact) mass is 396 g/mol. The van der Waals surface area contributed by atoms with Crippen molar-refractivity contribution < 1.29 is 19.1 Å². The molecule has 1 heterocycles. The molecule has 0 fully saturated rings. The van der Waals surface area contributed by atoms with E-state index in [1.807, 2.05) is 9.83 Å². The number of carbonyl (C=O) groups excluding carboxylic acids is 2. The molecule has 0 aromatic heterocycles. The molecule has 0 spiro atoms. The number of rotatable bonds is 10. The van der Waals surface area contributed by atoms with Crippen LogP contribution in [-0.2, 0) is 19.1 Å². The molecule has 1 aliphatic rings. The van der Waals surface area contributed by atoms with Crippen LogP contribution in [0.4, 0.5) is 0 Å². The summed E-state index contributed by atoms with van der Waals surface area (Å²) in [5, 5.41) is 0. The zero-order valence-corrected chi connectivity index (χ0v) is 16.4. The van der Waals surface area contributed by atoms with Gasteiger partial charge < -0.3 is 0 Å². The van der Waals surface area contributed by atoms with Crippen molar-refractivity contribution >= 4 is 38.1 Å². The van der Waals surface area contributed by atoms with Crippen LogP contribution in [0.25, 0.3) is 0 Å². The van der Waals surface area contributed by atoms with Gasteiger partial charge in [0.15, 0.2) is 0 Å². The van der Waals surface area contributed by atoms with Crippen molar-refractivity contribution in [2.24, 2.45) is 0 Å². The SMILES string of the molecule is CCCCCC(=O)O[C]1(OC(=O)CCCCC)C=C[CH]=[In]1. The van der Waals surface area contributed by atoms with Gasteiger partial charge in [-0.2, -0.15) is 0 Å². The first kappa shape index (κ1) is 18.5. The molecule has 0 amide bonds. The molecule has 1 rings (SSSR count). The molecule has 5 heteroatoms. The van der Waals surface area contributed by atoms with Gasteiger partial charge >= 0.3 is 138 Å². The van der Waals surface area contributed by atoms with Gasteiger partial charge in [0.05, 0.1) is 0 Å². The first-order chi connectivity index (χ1) is 10.1. The second-order valence-corrected chi connectivity index (χ2v) is 9.65. The molecule has 0 atom stereocenters. The molecular weight excluding hydrogens is 371 g/mol. The van der Waals surface area contributed by atoms with E-state index in [1.54, 1.807) is 6.08 Å². The number of unbranched alkanes of at least 4 members (excludes halogenated alkanes) is 4. The molecule has 0 saturated heterocycles. The van der Waals surface area contributed by atoms with Crippen molar-refractivity contribution in [1.29, 1.82) is 0 Å². The van der Waals surface area contributed by atoms with Crippen LogP contribution < -0.4 is 0 Å². The Hall–Kier alpha value is -0.580. The van der Waals surface area contributed by atoms with Crippen LogP contribution in [0.2, 0.25) is 0 Å². The Labute approximate surface area is 138 Å². The maximum atomic E-state index is 11.9. The molecule has 0 radical (unpaired) electrons. The van der Waals surface area contributed by atoms with Crippen molar-refractivity contribution in [1.82, 2.24) is 0 Å². The molecule has 0 aromatic carbocycles. The van der Waals surface area contributed by atoms with Crippen LogP contribution in [0, 0.1) is 0 Å². The summed E-state index contributed by atoms with van der Waals surface area (Å²) in [6.45, 7) is 4.18.